The van der Waals surface area contributed by atoms with Crippen molar-refractivity contribution in [2.45, 2.75) is 58.0 Å². The third-order valence-electron chi connectivity index (χ3n) is 6.00. The van der Waals surface area contributed by atoms with Gasteiger partial charge in [0.15, 0.2) is 11.0 Å². The number of pyridine rings is 1. The van der Waals surface area contributed by atoms with Gasteiger partial charge in [0.25, 0.3) is 5.91 Å². The van der Waals surface area contributed by atoms with Gasteiger partial charge in [0.2, 0.25) is 0 Å². The molecular formula is C24H26FN7OS. The lowest BCUT2D eigenvalue weighted by molar-refractivity contribution is 0.102. The van der Waals surface area contributed by atoms with E-state index in [1.54, 1.807) is 30.6 Å². The molecule has 0 bridgehead atoms. The van der Waals surface area contributed by atoms with Crippen LogP contribution in [0, 0.1) is 5.82 Å². The van der Waals surface area contributed by atoms with E-state index in [-0.39, 0.29) is 11.6 Å². The lowest BCUT2D eigenvalue weighted by Crippen LogP contribution is -2.21. The number of nitrogens with zero attached hydrogens (tertiary/aromatic N) is 5. The Morgan fingerprint density at radius 1 is 1.18 bits per heavy atom. The van der Waals surface area contributed by atoms with Crippen molar-refractivity contribution >= 4 is 38.4 Å². The van der Waals surface area contributed by atoms with Gasteiger partial charge in [-0.1, -0.05) is 36.7 Å². The fourth-order valence-electron chi connectivity index (χ4n) is 4.22. The molecule has 5 rings (SSSR count). The van der Waals surface area contributed by atoms with Crippen molar-refractivity contribution in [2.24, 2.45) is 0 Å². The van der Waals surface area contributed by atoms with Crippen molar-refractivity contribution in [3.63, 3.8) is 0 Å². The van der Waals surface area contributed by atoms with E-state index in [9.17, 15) is 9.18 Å². The molecule has 1 fully saturated rings. The maximum absolute atomic E-state index is 14.8. The smallest absolute Gasteiger partial charge is 0.259 e. The van der Waals surface area contributed by atoms with Crippen molar-refractivity contribution in [2.75, 3.05) is 10.6 Å². The monoisotopic (exact) mass is 479 g/mol. The Bertz CT molecular complexity index is 1330. The van der Waals surface area contributed by atoms with E-state index in [0.717, 1.165) is 22.7 Å². The first-order chi connectivity index (χ1) is 16.5. The first kappa shape index (κ1) is 22.4. The molecule has 0 spiro atoms. The zero-order valence-electron chi connectivity index (χ0n) is 19.1. The van der Waals surface area contributed by atoms with Crippen LogP contribution in [0.3, 0.4) is 0 Å². The predicted octanol–water partition coefficient (Wildman–Crippen LogP) is 5.67. The van der Waals surface area contributed by atoms with E-state index in [2.05, 4.69) is 30.8 Å². The van der Waals surface area contributed by atoms with Crippen LogP contribution >= 0.6 is 11.3 Å². The highest BCUT2D eigenvalue weighted by molar-refractivity contribution is 7.22. The van der Waals surface area contributed by atoms with Crippen molar-refractivity contribution in [1.82, 2.24) is 24.7 Å². The van der Waals surface area contributed by atoms with Crippen LogP contribution in [0.25, 0.3) is 21.7 Å². The van der Waals surface area contributed by atoms with Gasteiger partial charge in [-0.05, 0) is 44.9 Å². The molecular weight excluding hydrogens is 453 g/mol. The summed E-state index contributed by atoms with van der Waals surface area (Å²) in [7, 11) is 0. The number of carbonyl (C=O) groups excluding carboxylic acids is 1. The number of hydrogen-bond acceptors (Lipinski definition) is 7. The molecule has 1 aliphatic carbocycles. The van der Waals surface area contributed by atoms with Gasteiger partial charge < -0.3 is 15.2 Å². The van der Waals surface area contributed by atoms with Crippen LogP contribution in [0.15, 0.2) is 36.7 Å². The number of nitrogens with one attached hydrogen (secondary N) is 2. The largest absolute Gasteiger partial charge is 0.359 e. The van der Waals surface area contributed by atoms with Crippen molar-refractivity contribution < 1.29 is 9.18 Å². The van der Waals surface area contributed by atoms with Crippen molar-refractivity contribution in [1.29, 1.82) is 0 Å². The standard InChI is InChI=1S/C24H26FN7OS/c1-14(2)32-13-26-31-22(32)18-9-6-10-21(28-18)30-23(33)16-11-20-19(12-17(16)25)29-24(34-20)27-15-7-4-3-5-8-15/h6,9-15H,3-5,7-8H2,1-2H3,(H,27,29)(H,28,30,33). The number of carbonyl (C=O) groups is 1. The third-order valence-corrected chi connectivity index (χ3v) is 6.95. The van der Waals surface area contributed by atoms with E-state index in [0.29, 0.717) is 28.9 Å². The molecule has 10 heteroatoms. The van der Waals surface area contributed by atoms with Crippen molar-refractivity contribution in [3.05, 3.63) is 48.0 Å². The van der Waals surface area contributed by atoms with Gasteiger partial charge in [-0.25, -0.2) is 14.4 Å². The first-order valence-corrected chi connectivity index (χ1v) is 12.3. The lowest BCUT2D eigenvalue weighted by Gasteiger charge is -2.22. The topological polar surface area (TPSA) is 97.6 Å². The van der Waals surface area contributed by atoms with Gasteiger partial charge in [-0.15, -0.1) is 10.2 Å². The summed E-state index contributed by atoms with van der Waals surface area (Å²) in [4.78, 5) is 21.9. The molecule has 1 aliphatic rings. The minimum absolute atomic E-state index is 0.0436. The summed E-state index contributed by atoms with van der Waals surface area (Å²) < 4.78 is 17.5. The van der Waals surface area contributed by atoms with Crippen LogP contribution in [0.5, 0.6) is 0 Å². The zero-order valence-corrected chi connectivity index (χ0v) is 19.9. The van der Waals surface area contributed by atoms with Gasteiger partial charge >= 0.3 is 0 Å². The Morgan fingerprint density at radius 3 is 2.79 bits per heavy atom. The SMILES string of the molecule is CC(C)n1cnnc1-c1cccc(NC(=O)c2cc3sc(NC4CCCCC4)nc3cc2F)n1. The molecule has 34 heavy (non-hydrogen) atoms. The van der Waals surface area contributed by atoms with E-state index >= 15 is 0 Å². The molecule has 0 saturated heterocycles. The number of benzene rings is 1. The molecule has 0 atom stereocenters. The maximum Gasteiger partial charge on any atom is 0.259 e. The summed E-state index contributed by atoms with van der Waals surface area (Å²) in [5.41, 5.74) is 1.07. The van der Waals surface area contributed by atoms with Gasteiger partial charge in [0, 0.05) is 18.2 Å². The quantitative estimate of drug-likeness (QED) is 0.370. The van der Waals surface area contributed by atoms with Crippen LogP contribution in [0.1, 0.15) is 62.4 Å². The van der Waals surface area contributed by atoms with E-state index in [4.69, 9.17) is 0 Å². The normalized spacial score (nSPS) is 14.6. The average molecular weight is 480 g/mol. The molecule has 0 aliphatic heterocycles. The molecule has 3 aromatic heterocycles. The maximum atomic E-state index is 14.8. The molecule has 3 heterocycles. The second kappa shape index (κ2) is 9.46. The van der Waals surface area contributed by atoms with Gasteiger partial charge in [-0.3, -0.25) is 4.79 Å². The van der Waals surface area contributed by atoms with Crippen LogP contribution in [0.2, 0.25) is 0 Å². The Morgan fingerprint density at radius 2 is 2.00 bits per heavy atom. The highest BCUT2D eigenvalue weighted by Gasteiger charge is 2.19. The summed E-state index contributed by atoms with van der Waals surface area (Å²) in [6.45, 7) is 4.04. The minimum atomic E-state index is -0.616. The molecule has 0 unspecified atom stereocenters. The number of halogens is 1. The highest BCUT2D eigenvalue weighted by atomic mass is 32.1. The van der Waals surface area contributed by atoms with E-state index in [1.165, 1.54) is 36.7 Å². The molecule has 176 valence electrons. The summed E-state index contributed by atoms with van der Waals surface area (Å²) in [6, 6.07) is 8.66. The molecule has 1 saturated carbocycles. The summed E-state index contributed by atoms with van der Waals surface area (Å²) in [5, 5.41) is 15.1. The van der Waals surface area contributed by atoms with Gasteiger partial charge in [0.1, 0.15) is 23.7 Å². The third kappa shape index (κ3) is 4.63. The van der Waals surface area contributed by atoms with Crippen LogP contribution in [-0.4, -0.2) is 36.7 Å². The Labute approximate surface area is 200 Å². The minimum Gasteiger partial charge on any atom is -0.359 e. The Hall–Kier alpha value is -3.40. The van der Waals surface area contributed by atoms with Gasteiger partial charge in [0.05, 0.1) is 15.8 Å². The molecule has 0 radical (unpaired) electrons. The molecule has 1 amide bonds. The van der Waals surface area contributed by atoms with Crippen LogP contribution in [0.4, 0.5) is 15.3 Å². The lowest BCUT2D eigenvalue weighted by atomic mass is 9.96. The Kier molecular flexibility index (Phi) is 6.23. The van der Waals surface area contributed by atoms with Crippen LogP contribution < -0.4 is 10.6 Å². The fourth-order valence-corrected chi connectivity index (χ4v) is 5.19. The number of thiazole rings is 1. The molecule has 8 nitrogen and oxygen atoms in total. The number of amides is 1. The number of aromatic nitrogens is 5. The van der Waals surface area contributed by atoms with Gasteiger partial charge in [-0.2, -0.15) is 0 Å². The Balaban J connectivity index is 1.36. The summed E-state index contributed by atoms with van der Waals surface area (Å²) in [6.07, 6.45) is 7.59. The second-order valence-electron chi connectivity index (χ2n) is 8.82. The fraction of sp³-hybridized carbons (Fsp3) is 0.375. The number of anilines is 2. The second-order valence-corrected chi connectivity index (χ2v) is 9.85. The average Bonchev–Trinajstić information content (AvgIpc) is 3.46. The number of hydrogen-bond donors (Lipinski definition) is 2. The van der Waals surface area contributed by atoms with Crippen molar-refractivity contribution in [3.8, 4) is 11.5 Å². The number of rotatable bonds is 6. The first-order valence-electron chi connectivity index (χ1n) is 11.5. The summed E-state index contributed by atoms with van der Waals surface area (Å²) in [5.74, 6) is -0.273. The van der Waals surface area contributed by atoms with E-state index < -0.39 is 11.7 Å². The summed E-state index contributed by atoms with van der Waals surface area (Å²) >= 11 is 1.44. The highest BCUT2D eigenvalue weighted by Crippen LogP contribution is 2.31. The molecule has 2 N–H and O–H groups in total. The molecule has 1 aromatic carbocycles. The zero-order chi connectivity index (χ0) is 23.7. The van der Waals surface area contributed by atoms with E-state index in [1.807, 2.05) is 18.4 Å². The predicted molar refractivity (Wildman–Crippen MR) is 132 cm³/mol. The van der Waals surface area contributed by atoms with Crippen LogP contribution in [-0.2, 0) is 0 Å². The number of fused-ring (bicyclic) bond motifs is 1. The molecule has 4 aromatic rings.